The Morgan fingerprint density at radius 1 is 1.06 bits per heavy atom. The molecule has 3 atom stereocenters. The van der Waals surface area contributed by atoms with Gasteiger partial charge in [0.15, 0.2) is 6.10 Å². The van der Waals surface area contributed by atoms with Crippen LogP contribution in [-0.2, 0) is 24.3 Å². The van der Waals surface area contributed by atoms with Crippen LogP contribution in [0.4, 0.5) is 5.69 Å². The molecule has 33 heavy (non-hydrogen) atoms. The van der Waals surface area contributed by atoms with Gasteiger partial charge in [0.2, 0.25) is 0 Å². The Morgan fingerprint density at radius 2 is 1.67 bits per heavy atom. The molecule has 1 aliphatic heterocycles. The summed E-state index contributed by atoms with van der Waals surface area (Å²) in [5.74, 6) is -1.08. The second kappa shape index (κ2) is 9.93. The first-order valence-electron chi connectivity index (χ1n) is 10.8. The van der Waals surface area contributed by atoms with E-state index in [-0.39, 0.29) is 28.6 Å². The lowest BCUT2D eigenvalue weighted by Crippen LogP contribution is -2.51. The molecule has 1 fully saturated rings. The van der Waals surface area contributed by atoms with E-state index >= 15 is 0 Å². The van der Waals surface area contributed by atoms with Crippen molar-refractivity contribution in [2.75, 3.05) is 17.8 Å². The van der Waals surface area contributed by atoms with E-state index in [4.69, 9.17) is 9.47 Å². The topological polar surface area (TPSA) is 102 Å². The molecular weight excluding hydrogens is 444 g/mol. The number of morpholine rings is 1. The van der Waals surface area contributed by atoms with Crippen molar-refractivity contribution in [1.82, 2.24) is 4.90 Å². The van der Waals surface area contributed by atoms with E-state index in [1.54, 1.807) is 36.1 Å². The largest absolute Gasteiger partial charge is 0.449 e. The van der Waals surface area contributed by atoms with Crippen molar-refractivity contribution in [3.8, 4) is 0 Å². The standard InChI is InChI=1S/C24H30N2O6S/c1-15-6-10-21(11-7-15)25-33(29,30)22-12-20(9-8-16(22)2)24(28)32-19(5)23(27)26-13-17(3)31-18(4)14-26/h6-12,17-19,25H,13-14H2,1-5H3/t17-,18+,19-/m1/s1. The van der Waals surface area contributed by atoms with Crippen molar-refractivity contribution in [2.24, 2.45) is 0 Å². The van der Waals surface area contributed by atoms with Crippen molar-refractivity contribution in [2.45, 2.75) is 57.8 Å². The van der Waals surface area contributed by atoms with Crippen LogP contribution in [0, 0.1) is 13.8 Å². The molecule has 0 unspecified atom stereocenters. The van der Waals surface area contributed by atoms with Crippen molar-refractivity contribution in [3.63, 3.8) is 0 Å². The fourth-order valence-electron chi connectivity index (χ4n) is 3.74. The lowest BCUT2D eigenvalue weighted by Gasteiger charge is -2.36. The molecule has 0 aliphatic carbocycles. The molecule has 1 N–H and O–H groups in total. The summed E-state index contributed by atoms with van der Waals surface area (Å²) < 4.78 is 39.4. The van der Waals surface area contributed by atoms with Gasteiger partial charge >= 0.3 is 5.97 Å². The number of carbonyl (C=O) groups is 2. The molecule has 0 saturated carbocycles. The van der Waals surface area contributed by atoms with Crippen molar-refractivity contribution in [3.05, 3.63) is 59.2 Å². The van der Waals surface area contributed by atoms with E-state index in [1.807, 2.05) is 20.8 Å². The smallest absolute Gasteiger partial charge is 0.338 e. The molecule has 0 radical (unpaired) electrons. The maximum absolute atomic E-state index is 12.9. The van der Waals surface area contributed by atoms with E-state index in [1.165, 1.54) is 25.1 Å². The van der Waals surface area contributed by atoms with Crippen LogP contribution in [0.3, 0.4) is 0 Å². The highest BCUT2D eigenvalue weighted by Gasteiger charge is 2.31. The second-order valence-electron chi connectivity index (χ2n) is 8.50. The fourth-order valence-corrected chi connectivity index (χ4v) is 5.07. The monoisotopic (exact) mass is 474 g/mol. The minimum absolute atomic E-state index is 0.0349. The van der Waals surface area contributed by atoms with Crippen LogP contribution in [-0.4, -0.2) is 56.6 Å². The third-order valence-corrected chi connectivity index (χ3v) is 6.90. The molecule has 1 saturated heterocycles. The number of nitrogens with one attached hydrogen (secondary N) is 1. The van der Waals surface area contributed by atoms with E-state index in [2.05, 4.69) is 4.72 Å². The average molecular weight is 475 g/mol. The quantitative estimate of drug-likeness (QED) is 0.645. The van der Waals surface area contributed by atoms with Gasteiger partial charge in [-0.05, 0) is 64.4 Å². The highest BCUT2D eigenvalue weighted by atomic mass is 32.2. The molecule has 0 spiro atoms. The summed E-state index contributed by atoms with van der Waals surface area (Å²) in [7, 11) is -3.93. The van der Waals surface area contributed by atoms with Gasteiger partial charge in [0.25, 0.3) is 15.9 Å². The number of hydrogen-bond donors (Lipinski definition) is 1. The van der Waals surface area contributed by atoms with Crippen LogP contribution in [0.1, 0.15) is 42.3 Å². The van der Waals surface area contributed by atoms with Gasteiger partial charge in [0.1, 0.15) is 0 Å². The fraction of sp³-hybridized carbons (Fsp3) is 0.417. The summed E-state index contributed by atoms with van der Waals surface area (Å²) in [5, 5.41) is 0. The summed E-state index contributed by atoms with van der Waals surface area (Å²) in [6, 6.07) is 11.2. The van der Waals surface area contributed by atoms with Gasteiger partial charge in [-0.1, -0.05) is 23.8 Å². The first kappa shape index (κ1) is 24.7. The van der Waals surface area contributed by atoms with Gasteiger partial charge in [0, 0.05) is 18.8 Å². The van der Waals surface area contributed by atoms with Gasteiger partial charge in [-0.2, -0.15) is 0 Å². The van der Waals surface area contributed by atoms with Crippen LogP contribution in [0.2, 0.25) is 0 Å². The zero-order valence-electron chi connectivity index (χ0n) is 19.5. The maximum atomic E-state index is 12.9. The molecule has 178 valence electrons. The molecule has 2 aromatic carbocycles. The van der Waals surface area contributed by atoms with E-state index in [0.29, 0.717) is 24.3 Å². The van der Waals surface area contributed by atoms with Crippen molar-refractivity contribution >= 4 is 27.6 Å². The first-order valence-corrected chi connectivity index (χ1v) is 12.3. The predicted octanol–water partition coefficient (Wildman–Crippen LogP) is 3.29. The number of carbonyl (C=O) groups excluding carboxylic acids is 2. The van der Waals surface area contributed by atoms with Gasteiger partial charge in [-0.3, -0.25) is 9.52 Å². The Balaban J connectivity index is 1.74. The molecule has 1 heterocycles. The number of ether oxygens (including phenoxy) is 2. The maximum Gasteiger partial charge on any atom is 0.338 e. The molecule has 3 rings (SSSR count). The number of aryl methyl sites for hydroxylation is 2. The summed E-state index contributed by atoms with van der Waals surface area (Å²) in [6.07, 6.45) is -1.22. The van der Waals surface area contributed by atoms with E-state index in [9.17, 15) is 18.0 Å². The van der Waals surface area contributed by atoms with Gasteiger partial charge in [0.05, 0.1) is 22.7 Å². The van der Waals surface area contributed by atoms with Crippen LogP contribution in [0.15, 0.2) is 47.4 Å². The van der Waals surface area contributed by atoms with Gasteiger partial charge in [-0.15, -0.1) is 0 Å². The zero-order valence-corrected chi connectivity index (χ0v) is 20.3. The summed E-state index contributed by atoms with van der Waals surface area (Å²) >= 11 is 0. The number of rotatable bonds is 6. The third-order valence-electron chi connectivity index (χ3n) is 5.38. The zero-order chi connectivity index (χ0) is 24.3. The number of hydrogen-bond acceptors (Lipinski definition) is 6. The van der Waals surface area contributed by atoms with Crippen LogP contribution < -0.4 is 4.72 Å². The minimum Gasteiger partial charge on any atom is -0.449 e. The van der Waals surface area contributed by atoms with Gasteiger partial charge < -0.3 is 14.4 Å². The highest BCUT2D eigenvalue weighted by molar-refractivity contribution is 7.92. The predicted molar refractivity (Wildman–Crippen MR) is 125 cm³/mol. The van der Waals surface area contributed by atoms with Crippen LogP contribution >= 0.6 is 0 Å². The number of amides is 1. The Bertz CT molecular complexity index is 1120. The Hall–Kier alpha value is -2.91. The number of nitrogens with zero attached hydrogens (tertiary/aromatic N) is 1. The average Bonchev–Trinajstić information content (AvgIpc) is 2.74. The lowest BCUT2D eigenvalue weighted by molar-refractivity contribution is -0.151. The lowest BCUT2D eigenvalue weighted by atomic mass is 10.1. The normalized spacial score (nSPS) is 19.6. The molecular formula is C24H30N2O6S. The third kappa shape index (κ3) is 6.11. The van der Waals surface area contributed by atoms with Crippen LogP contribution in [0.25, 0.3) is 0 Å². The molecule has 0 aromatic heterocycles. The molecule has 9 heteroatoms. The SMILES string of the molecule is Cc1ccc(NS(=O)(=O)c2cc(C(=O)O[C@H](C)C(=O)N3C[C@@H](C)O[C@@H](C)C3)ccc2C)cc1. The molecule has 8 nitrogen and oxygen atoms in total. The van der Waals surface area contributed by atoms with Crippen molar-refractivity contribution in [1.29, 1.82) is 0 Å². The Morgan fingerprint density at radius 3 is 2.27 bits per heavy atom. The van der Waals surface area contributed by atoms with Crippen LogP contribution in [0.5, 0.6) is 0 Å². The summed E-state index contributed by atoms with van der Waals surface area (Å²) in [5.41, 5.74) is 1.95. The molecule has 1 amide bonds. The molecule has 0 bridgehead atoms. The minimum atomic E-state index is -3.93. The molecule has 2 aromatic rings. The number of esters is 1. The van der Waals surface area contributed by atoms with Gasteiger partial charge in [-0.25, -0.2) is 13.2 Å². The second-order valence-corrected chi connectivity index (χ2v) is 10.2. The first-order chi connectivity index (χ1) is 15.5. The van der Waals surface area contributed by atoms with Crippen molar-refractivity contribution < 1.29 is 27.5 Å². The summed E-state index contributed by atoms with van der Waals surface area (Å²) in [6.45, 7) is 9.66. The number of benzene rings is 2. The Labute approximate surface area is 194 Å². The van der Waals surface area contributed by atoms with E-state index in [0.717, 1.165) is 5.56 Å². The highest BCUT2D eigenvalue weighted by Crippen LogP contribution is 2.22. The molecule has 1 aliphatic rings. The summed E-state index contributed by atoms with van der Waals surface area (Å²) in [4.78, 5) is 27.1. The van der Waals surface area contributed by atoms with E-state index < -0.39 is 22.1 Å². The number of sulfonamides is 1. The number of anilines is 1. The Kier molecular flexibility index (Phi) is 7.44.